The number of halogens is 1. The van der Waals surface area contributed by atoms with Crippen molar-refractivity contribution in [2.24, 2.45) is 11.5 Å². The number of carboxylic acid groups (broad SMARTS) is 1. The third kappa shape index (κ3) is 28.4. The lowest BCUT2D eigenvalue weighted by Gasteiger charge is -2.39. The molecule has 45 nitrogen and oxygen atoms in total. The Hall–Kier alpha value is -11.3. The largest absolute Gasteiger partial charge is 0.548 e. The van der Waals surface area contributed by atoms with E-state index in [1.807, 2.05) is 10.6 Å². The van der Waals surface area contributed by atoms with Crippen LogP contribution in [0.1, 0.15) is 75.5 Å². The van der Waals surface area contributed by atoms with Crippen molar-refractivity contribution in [3.8, 4) is 0 Å². The van der Waals surface area contributed by atoms with E-state index in [1.54, 1.807) is 60.7 Å². The zero-order chi connectivity index (χ0) is 90.1. The average Bonchev–Trinajstić information content (AvgIpc) is 1.57. The smallest absolute Gasteiger partial charge is 0.251 e. The first-order valence-electron chi connectivity index (χ1n) is 38.2. The molecule has 4 bridgehead atoms. The Balaban J connectivity index is 1.44. The lowest BCUT2D eigenvalue weighted by molar-refractivity contribution is -1.07. The van der Waals surface area contributed by atoms with Gasteiger partial charge < -0.3 is 151 Å². The first-order valence-corrected chi connectivity index (χ1v) is 39.0. The number of β-amino-alcohol motifs (C(OH)–C–C–N with tert-alkyl or cyclic N) is 1. The SMILES string of the molecule is CC(C=Cc1ccccc1)=CC(O)C1CC(=O)NC(CO)C(=O)NC2CN3C=C(CC(NC(=O)CC(O)CC(C(=O)[O-])NC(=O)C(O)CNC(=O)C(C(C)c4ccc(Br)cc4)NC(=O)C(C(O)C(N)=O)NC(=O)C(CC(N)=O)NC2=O)C(=O)NC(C(C)O)C(=O)NC(CO)C(=O)NC(Cc2ccccc2)C(=O)N1)[NH+](OC1OC(CO)C(O)C(O)C1O)C3. The number of carboxylic acids is 1. The molecular weight excluding hydrogens is 1680 g/mol. The number of nitrogens with one attached hydrogen (secondary N) is 13. The van der Waals surface area contributed by atoms with E-state index in [-0.39, 0.29) is 5.56 Å². The van der Waals surface area contributed by atoms with E-state index in [0.29, 0.717) is 21.2 Å². The number of benzene rings is 3. The molecule has 14 amide bonds. The van der Waals surface area contributed by atoms with Crippen LogP contribution in [0.15, 0.2) is 119 Å². The van der Waals surface area contributed by atoms with E-state index < -0.39 is 311 Å². The topological polar surface area (TPSA) is 724 Å². The van der Waals surface area contributed by atoms with Crippen molar-refractivity contribution >= 4 is 111 Å². The molecule has 1 saturated heterocycles. The molecule has 0 spiro atoms. The van der Waals surface area contributed by atoms with Gasteiger partial charge in [0.2, 0.25) is 83.1 Å². The number of hydroxylamine groups is 2. The Morgan fingerprint density at radius 1 is 0.607 bits per heavy atom. The number of hydrogen-bond donors (Lipinski definition) is 26. The molecule has 0 aliphatic carbocycles. The zero-order valence-corrected chi connectivity index (χ0v) is 67.4. The van der Waals surface area contributed by atoms with Gasteiger partial charge in [-0.2, -0.15) is 4.84 Å². The van der Waals surface area contributed by atoms with Crippen LogP contribution >= 0.6 is 15.9 Å². The van der Waals surface area contributed by atoms with Crippen molar-refractivity contribution in [3.05, 3.63) is 136 Å². The number of primary amides is 2. The molecule has 4 aliphatic rings. The van der Waals surface area contributed by atoms with Gasteiger partial charge in [-0.3, -0.25) is 67.1 Å². The van der Waals surface area contributed by atoms with Crippen LogP contribution < -0.4 is 85.4 Å². The van der Waals surface area contributed by atoms with Gasteiger partial charge in [0.15, 0.2) is 18.5 Å². The molecule has 3 aromatic rings. The number of aliphatic hydroxyl groups is 11. The van der Waals surface area contributed by atoms with Gasteiger partial charge in [-0.1, -0.05) is 119 Å². The molecule has 23 unspecified atom stereocenters. The molecule has 0 saturated carbocycles. The number of allylic oxidation sites excluding steroid dienone is 2. The summed E-state index contributed by atoms with van der Waals surface area (Å²) in [5, 5.41) is 161. The molecular formula is C76H101BrN16O29. The van der Waals surface area contributed by atoms with Crippen LogP contribution in [0.4, 0.5) is 0 Å². The fraction of sp³-hybridized carbons (Fsp3) is 0.487. The average molecular weight is 1780 g/mol. The number of fused-ring (bicyclic) bond motifs is 2. The third-order valence-corrected chi connectivity index (χ3v) is 20.4. The summed E-state index contributed by atoms with van der Waals surface area (Å²) in [6, 6.07) is -1.51. The second-order valence-electron chi connectivity index (χ2n) is 29.3. The summed E-state index contributed by atoms with van der Waals surface area (Å²) in [6.07, 6.45) is -22.4. The lowest BCUT2D eigenvalue weighted by atomic mass is 9.92. The Kier molecular flexibility index (Phi) is 36.9. The summed E-state index contributed by atoms with van der Waals surface area (Å²) in [5.41, 5.74) is 12.3. The van der Waals surface area contributed by atoms with Crippen LogP contribution in [0.3, 0.4) is 0 Å². The highest BCUT2D eigenvalue weighted by atomic mass is 79.9. The maximum Gasteiger partial charge on any atom is 0.251 e. The summed E-state index contributed by atoms with van der Waals surface area (Å²) in [5.74, 6) is -23.9. The number of ether oxygens (including phenoxy) is 1. The first kappa shape index (κ1) is 97.8. The highest BCUT2D eigenvalue weighted by molar-refractivity contribution is 9.10. The van der Waals surface area contributed by atoms with Gasteiger partial charge in [0.25, 0.3) is 5.91 Å². The van der Waals surface area contributed by atoms with E-state index in [1.165, 1.54) is 56.3 Å². The molecule has 122 heavy (non-hydrogen) atoms. The lowest BCUT2D eigenvalue weighted by Crippen LogP contribution is -3.10. The molecule has 7 rings (SSSR count). The summed E-state index contributed by atoms with van der Waals surface area (Å²) >= 11 is 3.27. The minimum atomic E-state index is -2.79. The van der Waals surface area contributed by atoms with Crippen LogP contribution in [-0.4, -0.2) is 317 Å². The second-order valence-corrected chi connectivity index (χ2v) is 30.2. The van der Waals surface area contributed by atoms with Crippen LogP contribution in [0.2, 0.25) is 0 Å². The number of aliphatic carboxylic acids is 1. The van der Waals surface area contributed by atoms with E-state index >= 15 is 9.59 Å². The number of carbonyl (C=O) groups excluding carboxylic acids is 15. The highest BCUT2D eigenvalue weighted by Crippen LogP contribution is 2.25. The first-order chi connectivity index (χ1) is 57.7. The van der Waals surface area contributed by atoms with Gasteiger partial charge in [-0.15, -0.1) is 5.06 Å². The maximum absolute atomic E-state index is 15.4. The van der Waals surface area contributed by atoms with Crippen molar-refractivity contribution in [2.75, 3.05) is 39.6 Å². The van der Waals surface area contributed by atoms with Gasteiger partial charge in [0.1, 0.15) is 84.9 Å². The van der Waals surface area contributed by atoms with Crippen molar-refractivity contribution in [1.29, 1.82) is 0 Å². The molecule has 666 valence electrons. The van der Waals surface area contributed by atoms with Crippen molar-refractivity contribution in [2.45, 2.75) is 193 Å². The maximum atomic E-state index is 15.4. The molecule has 0 aromatic heterocycles. The van der Waals surface area contributed by atoms with E-state index in [4.69, 9.17) is 21.0 Å². The van der Waals surface area contributed by atoms with E-state index in [0.717, 1.165) is 18.0 Å². The van der Waals surface area contributed by atoms with E-state index in [9.17, 15) is 124 Å². The Morgan fingerprint density at radius 3 is 1.79 bits per heavy atom. The highest BCUT2D eigenvalue weighted by Gasteiger charge is 2.49. The Bertz CT molecular complexity index is 4320. The Morgan fingerprint density at radius 2 is 1.17 bits per heavy atom. The number of quaternary nitrogens is 1. The third-order valence-electron chi connectivity index (χ3n) is 19.8. The number of nitrogens with zero attached hydrogens (tertiary/aromatic N) is 1. The van der Waals surface area contributed by atoms with Crippen LogP contribution in [-0.2, 0) is 87.9 Å². The van der Waals surface area contributed by atoms with Gasteiger partial charge in [0, 0.05) is 23.2 Å². The van der Waals surface area contributed by atoms with Crippen molar-refractivity contribution < 1.29 is 148 Å². The summed E-state index contributed by atoms with van der Waals surface area (Å²) in [4.78, 5) is 222. The van der Waals surface area contributed by atoms with Gasteiger partial charge in [0.05, 0.1) is 94.7 Å². The van der Waals surface area contributed by atoms with Crippen LogP contribution in [0.5, 0.6) is 0 Å². The fourth-order valence-corrected chi connectivity index (χ4v) is 13.3. The molecule has 28 N–H and O–H groups in total. The number of rotatable bonds is 19. The molecule has 3 aromatic carbocycles. The number of hydrogen-bond acceptors (Lipinski definition) is 30. The predicted molar refractivity (Wildman–Crippen MR) is 418 cm³/mol. The minimum Gasteiger partial charge on any atom is -0.548 e. The minimum absolute atomic E-state index is 0.256. The second kappa shape index (κ2) is 46.1. The van der Waals surface area contributed by atoms with Gasteiger partial charge in [-0.25, -0.2) is 0 Å². The monoisotopic (exact) mass is 1780 g/mol. The molecule has 1 fully saturated rings. The summed E-state index contributed by atoms with van der Waals surface area (Å²) in [6.45, 7) is -2.88. The number of nitrogens with two attached hydrogens (primary N) is 2. The quantitative estimate of drug-likeness (QED) is 0.0496. The molecule has 4 heterocycles. The van der Waals surface area contributed by atoms with E-state index in [2.05, 4.69) is 69.1 Å². The van der Waals surface area contributed by atoms with Gasteiger partial charge >= 0.3 is 0 Å². The molecule has 23 atom stereocenters. The zero-order valence-electron chi connectivity index (χ0n) is 65.8. The number of aliphatic hydroxyl groups excluding tert-OH is 11. The number of amides is 14. The summed E-state index contributed by atoms with van der Waals surface area (Å²) < 4.78 is 6.14. The summed E-state index contributed by atoms with van der Waals surface area (Å²) in [7, 11) is 0. The molecule has 46 heteroatoms. The fourth-order valence-electron chi connectivity index (χ4n) is 13.0. The van der Waals surface area contributed by atoms with Gasteiger partial charge in [-0.05, 0) is 49.1 Å². The Labute approximate surface area is 703 Å². The number of carbonyl (C=O) groups is 15. The molecule has 4 aliphatic heterocycles. The molecule has 0 radical (unpaired) electrons. The van der Waals surface area contributed by atoms with Crippen LogP contribution in [0, 0.1) is 0 Å². The van der Waals surface area contributed by atoms with Crippen molar-refractivity contribution in [1.82, 2.24) is 68.7 Å². The normalized spacial score (nSPS) is 29.9. The standard InChI is InChI=1S/C76H101BrN16O29/c1-34(14-15-37-10-6-4-7-11-37)20-51(99)43-26-56(103)82-49(30-94)69(113)87-48-29-92-28-41(93(33-92)122-76-63(107)62(106)60(104)53(32-96)121-76)22-45(66(110)90-58(36(3)97)73(117)88-50(31-95)70(114)84-44(65(109)83-43)21-38-12-8-5-9-13-38)81-55(102)24-42(98)23-47(75(119)120)86-71(115)52(100)27-80-72(116)57(35(2)39-16-18-40(77)19-17-39)89-74(118)59(61(105)64(79)108)91-67(111)46(25-54(78)101)85-68(48)112/h4-20,28,35-36,42-53,57-63,76,94-100,104-107H,21-27,29-33H2,1-3H3,(H2,78,101)(H2,79,108)(H,80,116)(H,81,102)(H,82,103)(H,83,109)(H,84,114)(H,85,112)(H,86,115)(H,87,113)(H,88,117)(H,89,118)(H,90,110)(H,91,111)(H,119,120). The predicted octanol–water partition coefficient (Wildman–Crippen LogP) is -13.9. The van der Waals surface area contributed by atoms with Crippen molar-refractivity contribution in [3.63, 3.8) is 0 Å². The van der Waals surface area contributed by atoms with Crippen LogP contribution in [0.25, 0.3) is 6.08 Å².